The van der Waals surface area contributed by atoms with E-state index in [9.17, 15) is 8.78 Å². The smallest absolute Gasteiger partial charge is 0.387 e. The van der Waals surface area contributed by atoms with Gasteiger partial charge in [-0.15, -0.1) is 0 Å². The Morgan fingerprint density at radius 1 is 1.16 bits per heavy atom. The highest BCUT2D eigenvalue weighted by molar-refractivity contribution is 5.87. The molecular formula is C16H15F2N5O2. The van der Waals surface area contributed by atoms with E-state index in [-0.39, 0.29) is 11.5 Å². The number of alkyl halides is 2. The Hall–Kier alpha value is -3.23. The minimum Gasteiger partial charge on any atom is -0.493 e. The molecule has 2 heterocycles. The van der Waals surface area contributed by atoms with Crippen LogP contribution in [0, 0.1) is 0 Å². The Morgan fingerprint density at radius 2 is 2.00 bits per heavy atom. The number of methoxy groups -OCH3 is 1. The average molecular weight is 347 g/mol. The van der Waals surface area contributed by atoms with Gasteiger partial charge in [-0.2, -0.15) is 8.78 Å². The first-order valence-corrected chi connectivity index (χ1v) is 7.29. The van der Waals surface area contributed by atoms with Crippen molar-refractivity contribution in [2.75, 3.05) is 18.2 Å². The van der Waals surface area contributed by atoms with E-state index in [0.29, 0.717) is 34.8 Å². The molecule has 0 radical (unpaired) electrons. The van der Waals surface area contributed by atoms with Crippen molar-refractivity contribution in [1.29, 1.82) is 0 Å². The van der Waals surface area contributed by atoms with Gasteiger partial charge < -0.3 is 20.5 Å². The monoisotopic (exact) mass is 347 g/mol. The predicted octanol–water partition coefficient (Wildman–Crippen LogP) is 2.83. The van der Waals surface area contributed by atoms with Crippen molar-refractivity contribution in [3.63, 3.8) is 0 Å². The van der Waals surface area contributed by atoms with Crippen LogP contribution in [0.2, 0.25) is 0 Å². The molecule has 7 nitrogen and oxygen atoms in total. The molecule has 0 bridgehead atoms. The number of ether oxygens (including phenoxy) is 2. The number of nitrogen functional groups attached to an aromatic ring is 1. The molecule has 0 saturated carbocycles. The zero-order valence-corrected chi connectivity index (χ0v) is 13.2. The number of nitrogens with one attached hydrogen (secondary N) is 1. The lowest BCUT2D eigenvalue weighted by Gasteiger charge is -2.12. The summed E-state index contributed by atoms with van der Waals surface area (Å²) in [5.74, 6) is 1.13. The van der Waals surface area contributed by atoms with Crippen LogP contribution in [0.4, 0.5) is 20.4 Å². The number of fused-ring (bicyclic) bond motifs is 1. The molecule has 9 heteroatoms. The summed E-state index contributed by atoms with van der Waals surface area (Å²) in [5.41, 5.74) is 6.82. The summed E-state index contributed by atoms with van der Waals surface area (Å²) in [7, 11) is 1.39. The molecule has 0 saturated heterocycles. The number of halogens is 2. The number of pyridine rings is 1. The Balaban J connectivity index is 1.82. The SMILES string of the molecule is COc1ccc(CNc2ncnc3nc(N)ccc23)cc1OC(F)F. The maximum atomic E-state index is 12.5. The van der Waals surface area contributed by atoms with Crippen LogP contribution < -0.4 is 20.5 Å². The molecule has 3 aromatic rings. The molecule has 0 fully saturated rings. The second-order valence-electron chi connectivity index (χ2n) is 5.05. The zero-order chi connectivity index (χ0) is 17.8. The third-order valence-corrected chi connectivity index (χ3v) is 3.42. The van der Waals surface area contributed by atoms with Crippen molar-refractivity contribution in [2.45, 2.75) is 13.2 Å². The molecule has 0 spiro atoms. The Bertz CT molecular complexity index is 892. The third-order valence-electron chi connectivity index (χ3n) is 3.42. The van der Waals surface area contributed by atoms with E-state index in [1.807, 2.05) is 0 Å². The highest BCUT2D eigenvalue weighted by atomic mass is 19.3. The highest BCUT2D eigenvalue weighted by Gasteiger charge is 2.12. The molecular weight excluding hydrogens is 332 g/mol. The molecule has 25 heavy (non-hydrogen) atoms. The van der Waals surface area contributed by atoms with Crippen molar-refractivity contribution in [2.24, 2.45) is 0 Å². The first-order chi connectivity index (χ1) is 12.1. The molecule has 3 N–H and O–H groups in total. The van der Waals surface area contributed by atoms with Gasteiger partial charge in [0.2, 0.25) is 0 Å². The van der Waals surface area contributed by atoms with Crippen LogP contribution in [0.5, 0.6) is 11.5 Å². The van der Waals surface area contributed by atoms with E-state index in [1.54, 1.807) is 24.3 Å². The van der Waals surface area contributed by atoms with Gasteiger partial charge in [0.25, 0.3) is 0 Å². The fraction of sp³-hybridized carbons (Fsp3) is 0.188. The number of hydrogen-bond donors (Lipinski definition) is 2. The maximum absolute atomic E-state index is 12.5. The number of anilines is 2. The largest absolute Gasteiger partial charge is 0.493 e. The number of rotatable bonds is 6. The summed E-state index contributed by atoms with van der Waals surface area (Å²) >= 11 is 0. The zero-order valence-electron chi connectivity index (χ0n) is 13.2. The van der Waals surface area contributed by atoms with Gasteiger partial charge >= 0.3 is 6.61 Å². The molecule has 2 aromatic heterocycles. The topological polar surface area (TPSA) is 95.2 Å². The van der Waals surface area contributed by atoms with Crippen molar-refractivity contribution < 1.29 is 18.3 Å². The summed E-state index contributed by atoms with van der Waals surface area (Å²) < 4.78 is 34.5. The van der Waals surface area contributed by atoms with Gasteiger partial charge in [-0.25, -0.2) is 15.0 Å². The normalized spacial score (nSPS) is 10.9. The van der Waals surface area contributed by atoms with Crippen molar-refractivity contribution in [3.8, 4) is 11.5 Å². The molecule has 0 aliphatic heterocycles. The fourth-order valence-corrected chi connectivity index (χ4v) is 2.30. The summed E-state index contributed by atoms with van der Waals surface area (Å²) in [5, 5.41) is 3.83. The number of aromatic nitrogens is 3. The average Bonchev–Trinajstić information content (AvgIpc) is 2.59. The third kappa shape index (κ3) is 3.82. The van der Waals surface area contributed by atoms with Crippen LogP contribution in [0.15, 0.2) is 36.7 Å². The van der Waals surface area contributed by atoms with Crippen LogP contribution in [0.25, 0.3) is 11.0 Å². The number of hydrogen-bond acceptors (Lipinski definition) is 7. The van der Waals surface area contributed by atoms with E-state index in [2.05, 4.69) is 25.0 Å². The van der Waals surface area contributed by atoms with Crippen molar-refractivity contribution >= 4 is 22.7 Å². The summed E-state index contributed by atoms with van der Waals surface area (Å²) in [6.45, 7) is -2.60. The Morgan fingerprint density at radius 3 is 2.76 bits per heavy atom. The molecule has 130 valence electrons. The van der Waals surface area contributed by atoms with Crippen LogP contribution in [0.3, 0.4) is 0 Å². The number of benzene rings is 1. The Labute approximate surface area is 141 Å². The van der Waals surface area contributed by atoms with E-state index < -0.39 is 6.61 Å². The van der Waals surface area contributed by atoms with Crippen LogP contribution >= 0.6 is 0 Å². The van der Waals surface area contributed by atoms with Gasteiger partial charge in [-0.05, 0) is 29.8 Å². The highest BCUT2D eigenvalue weighted by Crippen LogP contribution is 2.30. The second-order valence-corrected chi connectivity index (χ2v) is 5.05. The lowest BCUT2D eigenvalue weighted by molar-refractivity contribution is -0.0512. The van der Waals surface area contributed by atoms with E-state index in [0.717, 1.165) is 0 Å². The van der Waals surface area contributed by atoms with Gasteiger partial charge in [0.05, 0.1) is 12.5 Å². The number of nitrogens with zero attached hydrogens (tertiary/aromatic N) is 3. The Kier molecular flexibility index (Phi) is 4.73. The van der Waals surface area contributed by atoms with E-state index >= 15 is 0 Å². The summed E-state index contributed by atoms with van der Waals surface area (Å²) in [6.07, 6.45) is 1.37. The van der Waals surface area contributed by atoms with Crippen LogP contribution in [0.1, 0.15) is 5.56 Å². The first kappa shape index (κ1) is 16.6. The summed E-state index contributed by atoms with van der Waals surface area (Å²) in [4.78, 5) is 12.4. The molecule has 0 unspecified atom stereocenters. The van der Waals surface area contributed by atoms with Gasteiger partial charge in [-0.3, -0.25) is 0 Å². The summed E-state index contributed by atoms with van der Waals surface area (Å²) in [6, 6.07) is 8.20. The van der Waals surface area contributed by atoms with Crippen LogP contribution in [-0.4, -0.2) is 28.7 Å². The van der Waals surface area contributed by atoms with Crippen molar-refractivity contribution in [3.05, 3.63) is 42.2 Å². The van der Waals surface area contributed by atoms with Gasteiger partial charge in [-0.1, -0.05) is 6.07 Å². The molecule has 0 aliphatic rings. The van der Waals surface area contributed by atoms with Gasteiger partial charge in [0.1, 0.15) is 18.0 Å². The molecule has 0 atom stereocenters. The maximum Gasteiger partial charge on any atom is 0.387 e. The molecule has 3 rings (SSSR count). The quantitative estimate of drug-likeness (QED) is 0.708. The molecule has 0 aliphatic carbocycles. The molecule has 0 amide bonds. The lowest BCUT2D eigenvalue weighted by Crippen LogP contribution is -2.06. The van der Waals surface area contributed by atoms with Gasteiger partial charge in [0, 0.05) is 6.54 Å². The molecule has 1 aromatic carbocycles. The first-order valence-electron chi connectivity index (χ1n) is 7.29. The van der Waals surface area contributed by atoms with Crippen LogP contribution in [-0.2, 0) is 6.54 Å². The lowest BCUT2D eigenvalue weighted by atomic mass is 10.2. The number of nitrogens with two attached hydrogens (primary N) is 1. The van der Waals surface area contributed by atoms with Gasteiger partial charge in [0.15, 0.2) is 17.1 Å². The van der Waals surface area contributed by atoms with Crippen molar-refractivity contribution in [1.82, 2.24) is 15.0 Å². The second kappa shape index (κ2) is 7.12. The van der Waals surface area contributed by atoms with E-state index in [1.165, 1.54) is 19.5 Å². The minimum atomic E-state index is -2.93. The minimum absolute atomic E-state index is 0.0289. The van der Waals surface area contributed by atoms with E-state index in [4.69, 9.17) is 10.5 Å². The fourth-order valence-electron chi connectivity index (χ4n) is 2.30. The predicted molar refractivity (Wildman–Crippen MR) is 88.7 cm³/mol. The standard InChI is InChI=1S/C16H15F2N5O2/c1-24-11-4-2-9(6-12(11)25-16(17)18)7-20-14-10-3-5-13(19)23-15(10)22-8-21-14/h2-6,8,16H,7H2,1H3,(H3,19,20,21,22,23).